The van der Waals surface area contributed by atoms with E-state index < -0.39 is 10.0 Å². The van der Waals surface area contributed by atoms with E-state index in [9.17, 15) is 8.42 Å². The van der Waals surface area contributed by atoms with Crippen LogP contribution in [0.25, 0.3) is 0 Å². The number of halogens is 2. The molecule has 3 rings (SSSR count). The summed E-state index contributed by atoms with van der Waals surface area (Å²) in [4.78, 5) is 3.82. The molecule has 9 heteroatoms. The summed E-state index contributed by atoms with van der Waals surface area (Å²) >= 11 is 11.9. The van der Waals surface area contributed by atoms with E-state index in [4.69, 9.17) is 33.2 Å². The highest BCUT2D eigenvalue weighted by Crippen LogP contribution is 2.27. The van der Waals surface area contributed by atoms with E-state index in [1.54, 1.807) is 30.3 Å². The highest BCUT2D eigenvalue weighted by atomic mass is 35.5. The molecule has 0 bridgehead atoms. The zero-order chi connectivity index (χ0) is 20.1. The number of hydrogen-bond acceptors (Lipinski definition) is 5. The van der Waals surface area contributed by atoms with E-state index in [1.165, 1.54) is 30.6 Å². The van der Waals surface area contributed by atoms with Crippen molar-refractivity contribution >= 4 is 38.9 Å². The third-order valence-electron chi connectivity index (χ3n) is 3.63. The average molecular weight is 434 g/mol. The van der Waals surface area contributed by atoms with Gasteiger partial charge in [0, 0.05) is 21.8 Å². The number of hydrogen-bond donors (Lipinski definition) is 1. The second-order valence-corrected chi connectivity index (χ2v) is 8.20. The molecular formula is C19H13Cl2N3O3S. The fraction of sp³-hybridized carbons (Fsp3) is 0.0526. The molecule has 2 aromatic carbocycles. The lowest BCUT2D eigenvalue weighted by molar-refractivity contribution is 0.303. The summed E-state index contributed by atoms with van der Waals surface area (Å²) < 4.78 is 33.8. The second kappa shape index (κ2) is 8.48. The molecule has 0 aliphatic heterocycles. The first kappa shape index (κ1) is 20.0. The summed E-state index contributed by atoms with van der Waals surface area (Å²) in [6.07, 6.45) is 2.92. The van der Waals surface area contributed by atoms with Gasteiger partial charge in [-0.15, -0.1) is 0 Å². The quantitative estimate of drug-likeness (QED) is 0.610. The number of ether oxygens (including phenoxy) is 1. The number of benzene rings is 2. The van der Waals surface area contributed by atoms with Crippen LogP contribution >= 0.6 is 23.2 Å². The molecule has 1 aromatic heterocycles. The van der Waals surface area contributed by atoms with Crippen LogP contribution < -0.4 is 9.46 Å². The molecule has 0 spiro atoms. The monoisotopic (exact) mass is 433 g/mol. The summed E-state index contributed by atoms with van der Waals surface area (Å²) in [5, 5.41) is 9.93. The average Bonchev–Trinajstić information content (AvgIpc) is 2.66. The summed E-state index contributed by atoms with van der Waals surface area (Å²) in [5.41, 5.74) is 0.881. The van der Waals surface area contributed by atoms with Gasteiger partial charge in [-0.3, -0.25) is 9.71 Å². The van der Waals surface area contributed by atoms with Crippen LogP contribution in [0.1, 0.15) is 11.1 Å². The van der Waals surface area contributed by atoms with Crippen LogP contribution in [-0.4, -0.2) is 13.4 Å². The predicted octanol–water partition coefficient (Wildman–Crippen LogP) is 4.64. The fourth-order valence-corrected chi connectivity index (χ4v) is 4.20. The molecule has 0 radical (unpaired) electrons. The summed E-state index contributed by atoms with van der Waals surface area (Å²) in [7, 11) is -3.97. The number of nitrogens with one attached hydrogen (secondary N) is 1. The Morgan fingerprint density at radius 1 is 1.11 bits per heavy atom. The van der Waals surface area contributed by atoms with Crippen molar-refractivity contribution in [1.29, 1.82) is 5.26 Å². The van der Waals surface area contributed by atoms with E-state index in [0.29, 0.717) is 27.0 Å². The molecule has 1 N–H and O–H groups in total. The summed E-state index contributed by atoms with van der Waals surface area (Å²) in [5.74, 6) is 0.394. The van der Waals surface area contributed by atoms with Gasteiger partial charge < -0.3 is 4.74 Å². The Morgan fingerprint density at radius 3 is 2.50 bits per heavy atom. The zero-order valence-corrected chi connectivity index (χ0v) is 16.6. The molecule has 142 valence electrons. The van der Waals surface area contributed by atoms with Crippen molar-refractivity contribution in [1.82, 2.24) is 4.98 Å². The molecule has 0 aliphatic rings. The van der Waals surface area contributed by atoms with E-state index in [0.717, 1.165) is 0 Å². The minimum atomic E-state index is -3.97. The standard InChI is InChI=1S/C19H13Cl2N3O3S/c20-15-7-16(21)9-18(8-15)27-12-14-4-3-13(10-22)6-19(14)28(25,26)24-17-2-1-5-23-11-17/h1-9,11,24H,12H2. The topological polar surface area (TPSA) is 92.1 Å². The molecular weight excluding hydrogens is 421 g/mol. The molecule has 0 unspecified atom stereocenters. The Balaban J connectivity index is 1.92. The van der Waals surface area contributed by atoms with Crippen molar-refractivity contribution in [2.75, 3.05) is 4.72 Å². The Labute approximate surface area is 172 Å². The van der Waals surface area contributed by atoms with Crippen LogP contribution in [0, 0.1) is 11.3 Å². The van der Waals surface area contributed by atoms with Crippen LogP contribution in [-0.2, 0) is 16.6 Å². The van der Waals surface area contributed by atoms with E-state index in [2.05, 4.69) is 9.71 Å². The minimum absolute atomic E-state index is 0.0638. The highest BCUT2D eigenvalue weighted by Gasteiger charge is 2.20. The van der Waals surface area contributed by atoms with Gasteiger partial charge in [0.05, 0.1) is 28.4 Å². The normalized spacial score (nSPS) is 10.9. The van der Waals surface area contributed by atoms with Crippen LogP contribution in [0.4, 0.5) is 5.69 Å². The lowest BCUT2D eigenvalue weighted by Crippen LogP contribution is -2.16. The smallest absolute Gasteiger partial charge is 0.262 e. The van der Waals surface area contributed by atoms with E-state index >= 15 is 0 Å². The first-order chi connectivity index (χ1) is 13.4. The minimum Gasteiger partial charge on any atom is -0.489 e. The molecule has 0 aliphatic carbocycles. The lowest BCUT2D eigenvalue weighted by atomic mass is 10.1. The van der Waals surface area contributed by atoms with Crippen LogP contribution in [0.3, 0.4) is 0 Å². The van der Waals surface area contributed by atoms with Crippen molar-refractivity contribution in [3.8, 4) is 11.8 Å². The maximum Gasteiger partial charge on any atom is 0.262 e. The first-order valence-corrected chi connectivity index (χ1v) is 10.2. The largest absolute Gasteiger partial charge is 0.489 e. The molecule has 0 saturated carbocycles. The van der Waals surface area contributed by atoms with Crippen LogP contribution in [0.5, 0.6) is 5.75 Å². The number of anilines is 1. The van der Waals surface area contributed by atoms with E-state index in [1.807, 2.05) is 6.07 Å². The number of pyridine rings is 1. The number of nitriles is 1. The number of rotatable bonds is 6. The molecule has 28 heavy (non-hydrogen) atoms. The molecule has 0 amide bonds. The maximum absolute atomic E-state index is 12.9. The molecule has 3 aromatic rings. The predicted molar refractivity (Wildman–Crippen MR) is 107 cm³/mol. The maximum atomic E-state index is 12.9. The SMILES string of the molecule is N#Cc1ccc(COc2cc(Cl)cc(Cl)c2)c(S(=O)(=O)Nc2cccnc2)c1. The van der Waals surface area contributed by atoms with Crippen molar-refractivity contribution in [3.63, 3.8) is 0 Å². The lowest BCUT2D eigenvalue weighted by Gasteiger charge is -2.14. The fourth-order valence-electron chi connectivity index (χ4n) is 2.40. The van der Waals surface area contributed by atoms with Gasteiger partial charge in [-0.05, 0) is 42.5 Å². The third-order valence-corrected chi connectivity index (χ3v) is 5.53. The number of nitrogens with zero attached hydrogens (tertiary/aromatic N) is 2. The Morgan fingerprint density at radius 2 is 1.86 bits per heavy atom. The van der Waals surface area contributed by atoms with Crippen LogP contribution in [0.2, 0.25) is 10.0 Å². The summed E-state index contributed by atoms with van der Waals surface area (Å²) in [6.45, 7) is -0.0638. The molecule has 0 fully saturated rings. The number of aromatic nitrogens is 1. The third kappa shape index (κ3) is 4.93. The van der Waals surface area contributed by atoms with Gasteiger partial charge in [-0.25, -0.2) is 8.42 Å². The Hall–Kier alpha value is -2.79. The molecule has 0 atom stereocenters. The van der Waals surface area contributed by atoms with Gasteiger partial charge in [0.2, 0.25) is 0 Å². The van der Waals surface area contributed by atoms with Crippen molar-refractivity contribution < 1.29 is 13.2 Å². The second-order valence-electron chi connectivity index (χ2n) is 5.68. The molecule has 6 nitrogen and oxygen atoms in total. The van der Waals surface area contributed by atoms with Crippen molar-refractivity contribution in [2.24, 2.45) is 0 Å². The first-order valence-electron chi connectivity index (χ1n) is 7.92. The van der Waals surface area contributed by atoms with Crippen molar-refractivity contribution in [2.45, 2.75) is 11.5 Å². The van der Waals surface area contributed by atoms with Gasteiger partial charge in [0.15, 0.2) is 0 Å². The summed E-state index contributed by atoms with van der Waals surface area (Å²) in [6, 6.07) is 14.2. The number of sulfonamides is 1. The van der Waals surface area contributed by atoms with E-state index in [-0.39, 0.29) is 17.1 Å². The van der Waals surface area contributed by atoms with Gasteiger partial charge >= 0.3 is 0 Å². The molecule has 1 heterocycles. The Kier molecular flexibility index (Phi) is 6.05. The van der Waals surface area contributed by atoms with Gasteiger partial charge in [-0.2, -0.15) is 5.26 Å². The van der Waals surface area contributed by atoms with Gasteiger partial charge in [-0.1, -0.05) is 29.3 Å². The zero-order valence-electron chi connectivity index (χ0n) is 14.3. The van der Waals surface area contributed by atoms with Crippen LogP contribution in [0.15, 0.2) is 65.8 Å². The highest BCUT2D eigenvalue weighted by molar-refractivity contribution is 7.92. The van der Waals surface area contributed by atoms with Crippen molar-refractivity contribution in [3.05, 3.63) is 82.1 Å². The Bertz CT molecular complexity index is 1130. The van der Waals surface area contributed by atoms with Gasteiger partial charge in [0.1, 0.15) is 12.4 Å². The van der Waals surface area contributed by atoms with Gasteiger partial charge in [0.25, 0.3) is 10.0 Å². The molecule has 0 saturated heterocycles.